The number of hydrogen-bond acceptors (Lipinski definition) is 4. The van der Waals surface area contributed by atoms with E-state index in [0.29, 0.717) is 17.7 Å². The van der Waals surface area contributed by atoms with Gasteiger partial charge in [-0.05, 0) is 56.5 Å². The Kier molecular flexibility index (Phi) is 3.41. The van der Waals surface area contributed by atoms with Crippen LogP contribution in [0, 0.1) is 11.8 Å². The lowest BCUT2D eigenvalue weighted by Gasteiger charge is -2.55. The molecule has 4 heteroatoms. The van der Waals surface area contributed by atoms with Gasteiger partial charge in [0.1, 0.15) is 5.78 Å². The lowest BCUT2D eigenvalue weighted by atomic mass is 9.50. The maximum atomic E-state index is 12.5. The maximum absolute atomic E-state index is 12.5. The fourth-order valence-corrected chi connectivity index (χ4v) is 5.64. The number of likely N-dealkylation sites (tertiary alicyclic amines) is 1. The Morgan fingerprint density at radius 2 is 1.96 bits per heavy atom. The molecule has 0 amide bonds. The lowest BCUT2D eigenvalue weighted by Crippen LogP contribution is -2.60. The van der Waals surface area contributed by atoms with E-state index in [2.05, 4.69) is 24.1 Å². The minimum absolute atomic E-state index is 0.102. The van der Waals surface area contributed by atoms with Crippen molar-refractivity contribution in [2.45, 2.75) is 37.1 Å². The van der Waals surface area contributed by atoms with Gasteiger partial charge >= 0.3 is 0 Å². The quantitative estimate of drug-likeness (QED) is 0.859. The van der Waals surface area contributed by atoms with E-state index in [1.54, 1.807) is 14.2 Å². The van der Waals surface area contributed by atoms with Gasteiger partial charge in [-0.1, -0.05) is 6.07 Å². The highest BCUT2D eigenvalue weighted by Gasteiger charge is 2.62. The average molecular weight is 315 g/mol. The normalized spacial score (nSPS) is 36.1. The molecule has 0 unspecified atom stereocenters. The maximum Gasteiger partial charge on any atom is 0.161 e. The van der Waals surface area contributed by atoms with Gasteiger partial charge < -0.3 is 14.4 Å². The van der Waals surface area contributed by atoms with Crippen molar-refractivity contribution in [3.8, 4) is 11.5 Å². The van der Waals surface area contributed by atoms with Crippen LogP contribution in [0.25, 0.3) is 0 Å². The molecule has 4 aliphatic rings. The highest BCUT2D eigenvalue weighted by molar-refractivity contribution is 5.85. The number of likely N-dealkylation sites (N-methyl/N-ethyl adjacent to an activating group) is 1. The second kappa shape index (κ2) is 5.23. The Balaban J connectivity index is 1.84. The van der Waals surface area contributed by atoms with Gasteiger partial charge in [0, 0.05) is 23.8 Å². The number of methoxy groups -OCH3 is 2. The van der Waals surface area contributed by atoms with E-state index in [9.17, 15) is 4.79 Å². The van der Waals surface area contributed by atoms with E-state index in [1.807, 2.05) is 6.07 Å². The number of ether oxygens (including phenoxy) is 2. The highest BCUT2D eigenvalue weighted by atomic mass is 16.5. The average Bonchev–Trinajstić information content (AvgIpc) is 2.95. The fraction of sp³-hybridized carbons (Fsp3) is 0.632. The molecule has 1 aliphatic heterocycles. The van der Waals surface area contributed by atoms with Crippen molar-refractivity contribution in [1.29, 1.82) is 0 Å². The first-order valence-electron chi connectivity index (χ1n) is 8.57. The number of carbonyl (C=O) groups is 1. The largest absolute Gasteiger partial charge is 0.493 e. The van der Waals surface area contributed by atoms with Crippen LogP contribution in [0.4, 0.5) is 0 Å². The Bertz CT molecular complexity index is 644. The van der Waals surface area contributed by atoms with Crippen molar-refractivity contribution in [1.82, 2.24) is 4.90 Å². The molecule has 0 spiro atoms. The summed E-state index contributed by atoms with van der Waals surface area (Å²) in [6.45, 7) is 1.07. The highest BCUT2D eigenvalue weighted by Crippen LogP contribution is 2.59. The van der Waals surface area contributed by atoms with Crippen LogP contribution in [0.15, 0.2) is 18.2 Å². The summed E-state index contributed by atoms with van der Waals surface area (Å²) in [4.78, 5) is 14.9. The van der Waals surface area contributed by atoms with E-state index in [1.165, 1.54) is 12.0 Å². The molecule has 0 aromatic heterocycles. The Hall–Kier alpha value is -1.55. The molecule has 5 rings (SSSR count). The molecule has 4 fully saturated rings. The summed E-state index contributed by atoms with van der Waals surface area (Å²) in [5.41, 5.74) is 1.43. The first-order chi connectivity index (χ1) is 11.1. The summed E-state index contributed by atoms with van der Waals surface area (Å²) >= 11 is 0. The molecular weight excluding hydrogens is 290 g/mol. The van der Waals surface area contributed by atoms with Crippen LogP contribution >= 0.6 is 0 Å². The second-order valence-electron chi connectivity index (χ2n) is 7.34. The molecule has 3 aliphatic carbocycles. The molecule has 1 saturated heterocycles. The summed E-state index contributed by atoms with van der Waals surface area (Å²) in [5.74, 6) is 2.72. The minimum atomic E-state index is 0.102. The molecule has 4 nitrogen and oxygen atoms in total. The van der Waals surface area contributed by atoms with Crippen molar-refractivity contribution >= 4 is 5.78 Å². The molecule has 124 valence electrons. The zero-order valence-corrected chi connectivity index (χ0v) is 14.2. The Labute approximate surface area is 137 Å². The molecule has 1 heterocycles. The van der Waals surface area contributed by atoms with E-state index in [0.717, 1.165) is 37.3 Å². The SMILES string of the molecule is COc1ccc([C@@]23CCN(C)[C@@H]2[C@@H]2CC[C@H]3CC2=O)cc1OC. The summed E-state index contributed by atoms with van der Waals surface area (Å²) in [6.07, 6.45) is 4.13. The third-order valence-electron chi connectivity index (χ3n) is 6.60. The van der Waals surface area contributed by atoms with Gasteiger partial charge in [-0.3, -0.25) is 4.79 Å². The van der Waals surface area contributed by atoms with Gasteiger partial charge in [-0.15, -0.1) is 0 Å². The van der Waals surface area contributed by atoms with Gasteiger partial charge in [-0.25, -0.2) is 0 Å². The number of ketones is 1. The monoisotopic (exact) mass is 315 g/mol. The second-order valence-corrected chi connectivity index (χ2v) is 7.34. The van der Waals surface area contributed by atoms with E-state index in [4.69, 9.17) is 9.47 Å². The minimum Gasteiger partial charge on any atom is -0.493 e. The number of rotatable bonds is 3. The standard InChI is InChI=1S/C19H25NO3/c1-20-9-8-19(12-4-6-14(18(19)20)15(21)10-12)13-5-7-16(22-2)17(11-13)23-3/h5,7,11-12,14,18H,4,6,8-10H2,1-3H3/t12-,14+,18+,19-/m0/s1. The fourth-order valence-electron chi connectivity index (χ4n) is 5.64. The zero-order chi connectivity index (χ0) is 16.2. The van der Waals surface area contributed by atoms with Crippen LogP contribution in [0.1, 0.15) is 31.2 Å². The first-order valence-corrected chi connectivity index (χ1v) is 8.57. The smallest absolute Gasteiger partial charge is 0.161 e. The number of carbonyl (C=O) groups excluding carboxylic acids is 1. The number of nitrogens with zero attached hydrogens (tertiary/aromatic N) is 1. The summed E-state index contributed by atoms with van der Waals surface area (Å²) < 4.78 is 10.9. The number of fused-ring (bicyclic) bond motifs is 2. The van der Waals surface area contributed by atoms with Crippen LogP contribution in [0.2, 0.25) is 0 Å². The molecule has 0 radical (unpaired) electrons. The van der Waals surface area contributed by atoms with Crippen molar-refractivity contribution in [3.63, 3.8) is 0 Å². The molecule has 2 bridgehead atoms. The molecule has 3 saturated carbocycles. The van der Waals surface area contributed by atoms with Crippen LogP contribution < -0.4 is 9.47 Å². The van der Waals surface area contributed by atoms with Crippen molar-refractivity contribution in [3.05, 3.63) is 23.8 Å². The Morgan fingerprint density at radius 3 is 2.65 bits per heavy atom. The predicted molar refractivity (Wildman–Crippen MR) is 88.1 cm³/mol. The molecule has 1 aromatic carbocycles. The molecule has 1 aromatic rings. The van der Waals surface area contributed by atoms with Gasteiger partial charge in [0.2, 0.25) is 0 Å². The van der Waals surface area contributed by atoms with Crippen LogP contribution in [-0.2, 0) is 10.2 Å². The van der Waals surface area contributed by atoms with Gasteiger partial charge in [-0.2, -0.15) is 0 Å². The van der Waals surface area contributed by atoms with Crippen LogP contribution in [0.3, 0.4) is 0 Å². The third kappa shape index (κ3) is 1.90. The van der Waals surface area contributed by atoms with E-state index >= 15 is 0 Å². The Morgan fingerprint density at radius 1 is 1.17 bits per heavy atom. The topological polar surface area (TPSA) is 38.8 Å². The molecule has 0 N–H and O–H groups in total. The van der Waals surface area contributed by atoms with Gasteiger partial charge in [0.15, 0.2) is 11.5 Å². The molecule has 4 atom stereocenters. The molecule has 23 heavy (non-hydrogen) atoms. The van der Waals surface area contributed by atoms with E-state index < -0.39 is 0 Å². The number of benzene rings is 1. The van der Waals surface area contributed by atoms with Gasteiger partial charge in [0.25, 0.3) is 0 Å². The first kappa shape index (κ1) is 15.0. The lowest BCUT2D eigenvalue weighted by molar-refractivity contribution is -0.136. The third-order valence-corrected chi connectivity index (χ3v) is 6.60. The van der Waals surface area contributed by atoms with Crippen molar-refractivity contribution in [2.75, 3.05) is 27.8 Å². The van der Waals surface area contributed by atoms with E-state index in [-0.39, 0.29) is 11.3 Å². The van der Waals surface area contributed by atoms with Crippen molar-refractivity contribution in [2.24, 2.45) is 11.8 Å². The summed E-state index contributed by atoms with van der Waals surface area (Å²) in [7, 11) is 5.54. The van der Waals surface area contributed by atoms with Crippen LogP contribution in [0.5, 0.6) is 11.5 Å². The summed E-state index contributed by atoms with van der Waals surface area (Å²) in [5, 5.41) is 0. The predicted octanol–water partition coefficient (Wildman–Crippen LogP) is 2.64. The zero-order valence-electron chi connectivity index (χ0n) is 14.2. The van der Waals surface area contributed by atoms with Crippen LogP contribution in [-0.4, -0.2) is 44.5 Å². The molecular formula is C19H25NO3. The van der Waals surface area contributed by atoms with Gasteiger partial charge in [0.05, 0.1) is 14.2 Å². The van der Waals surface area contributed by atoms with Crippen molar-refractivity contribution < 1.29 is 14.3 Å². The summed E-state index contributed by atoms with van der Waals surface area (Å²) in [6, 6.07) is 6.71. The number of hydrogen-bond donors (Lipinski definition) is 0. The number of Topliss-reactive ketones (excluding diaryl/α,β-unsaturated/α-hetero) is 1.